The molecule has 0 aromatic carbocycles. The van der Waals surface area contributed by atoms with Crippen molar-refractivity contribution < 1.29 is 0 Å². The minimum Gasteiger partial charge on any atom is -0.352 e. The SMILES string of the molecule is Cc1cc(Br)cnc1N1CCC1CN. The number of rotatable bonds is 2. The van der Waals surface area contributed by atoms with E-state index in [0.29, 0.717) is 6.04 Å². The molecule has 76 valence electrons. The molecule has 1 aliphatic rings. The molecule has 0 saturated carbocycles. The number of hydrogen-bond donors (Lipinski definition) is 1. The van der Waals surface area contributed by atoms with Crippen molar-refractivity contribution in [1.82, 2.24) is 4.98 Å². The van der Waals surface area contributed by atoms with Crippen molar-refractivity contribution in [2.45, 2.75) is 19.4 Å². The van der Waals surface area contributed by atoms with Crippen molar-refractivity contribution in [3.63, 3.8) is 0 Å². The van der Waals surface area contributed by atoms with Gasteiger partial charge in [-0.25, -0.2) is 4.98 Å². The van der Waals surface area contributed by atoms with Crippen LogP contribution in [0.3, 0.4) is 0 Å². The van der Waals surface area contributed by atoms with E-state index in [1.165, 1.54) is 12.0 Å². The van der Waals surface area contributed by atoms with E-state index in [0.717, 1.165) is 23.4 Å². The Kier molecular flexibility index (Phi) is 2.74. The van der Waals surface area contributed by atoms with Gasteiger partial charge in [0.25, 0.3) is 0 Å². The van der Waals surface area contributed by atoms with Crippen molar-refractivity contribution in [1.29, 1.82) is 0 Å². The van der Waals surface area contributed by atoms with Gasteiger partial charge in [0.05, 0.1) is 0 Å². The first-order chi connectivity index (χ1) is 6.72. The van der Waals surface area contributed by atoms with E-state index in [-0.39, 0.29) is 0 Å². The quantitative estimate of drug-likeness (QED) is 0.875. The zero-order valence-electron chi connectivity index (χ0n) is 8.20. The molecule has 3 nitrogen and oxygen atoms in total. The van der Waals surface area contributed by atoms with Crippen LogP contribution in [0.15, 0.2) is 16.7 Å². The van der Waals surface area contributed by atoms with Gasteiger partial charge in [-0.1, -0.05) is 0 Å². The van der Waals surface area contributed by atoms with Crippen molar-refractivity contribution in [2.75, 3.05) is 18.0 Å². The number of aromatic nitrogens is 1. The monoisotopic (exact) mass is 255 g/mol. The number of halogens is 1. The topological polar surface area (TPSA) is 42.2 Å². The third kappa shape index (κ3) is 1.64. The summed E-state index contributed by atoms with van der Waals surface area (Å²) in [5.41, 5.74) is 6.87. The standard InChI is InChI=1S/C10H14BrN3/c1-7-4-8(11)6-13-10(7)14-3-2-9(14)5-12/h4,6,9H,2-3,5,12H2,1H3. The molecule has 1 aliphatic heterocycles. The summed E-state index contributed by atoms with van der Waals surface area (Å²) in [5.74, 6) is 1.08. The first-order valence-corrected chi connectivity index (χ1v) is 5.60. The van der Waals surface area contributed by atoms with Gasteiger partial charge in [0.2, 0.25) is 0 Å². The summed E-state index contributed by atoms with van der Waals surface area (Å²) in [6.07, 6.45) is 3.03. The fourth-order valence-electron chi connectivity index (χ4n) is 1.80. The smallest absolute Gasteiger partial charge is 0.131 e. The first-order valence-electron chi connectivity index (χ1n) is 4.81. The molecule has 1 aromatic rings. The van der Waals surface area contributed by atoms with E-state index in [1.807, 2.05) is 6.20 Å². The average molecular weight is 256 g/mol. The molecule has 2 rings (SSSR count). The zero-order valence-corrected chi connectivity index (χ0v) is 9.79. The van der Waals surface area contributed by atoms with Gasteiger partial charge < -0.3 is 10.6 Å². The molecule has 2 N–H and O–H groups in total. The van der Waals surface area contributed by atoms with Crippen LogP contribution in [0.25, 0.3) is 0 Å². The summed E-state index contributed by atoms with van der Waals surface area (Å²) in [6, 6.07) is 2.58. The predicted octanol–water partition coefficient (Wildman–Crippen LogP) is 1.69. The molecule has 0 aliphatic carbocycles. The fourth-order valence-corrected chi connectivity index (χ4v) is 2.24. The molecule has 2 heterocycles. The summed E-state index contributed by atoms with van der Waals surface area (Å²) >= 11 is 3.41. The van der Waals surface area contributed by atoms with Crippen molar-refractivity contribution in [2.24, 2.45) is 5.73 Å². The number of nitrogens with zero attached hydrogens (tertiary/aromatic N) is 2. The maximum atomic E-state index is 5.66. The van der Waals surface area contributed by atoms with Crippen LogP contribution in [0, 0.1) is 6.92 Å². The molecule has 1 atom stereocenters. The second-order valence-electron chi connectivity index (χ2n) is 3.67. The molecule has 1 aromatic heterocycles. The Balaban J connectivity index is 2.24. The normalized spacial score (nSPS) is 20.8. The maximum Gasteiger partial charge on any atom is 0.131 e. The van der Waals surface area contributed by atoms with Crippen LogP contribution >= 0.6 is 15.9 Å². The highest BCUT2D eigenvalue weighted by Gasteiger charge is 2.28. The van der Waals surface area contributed by atoms with Gasteiger partial charge in [0.1, 0.15) is 5.82 Å². The number of hydrogen-bond acceptors (Lipinski definition) is 3. The van der Waals surface area contributed by atoms with Gasteiger partial charge in [0.15, 0.2) is 0 Å². The third-order valence-corrected chi connectivity index (χ3v) is 3.14. The largest absolute Gasteiger partial charge is 0.352 e. The van der Waals surface area contributed by atoms with Crippen LogP contribution < -0.4 is 10.6 Å². The van der Waals surface area contributed by atoms with Crippen molar-refractivity contribution >= 4 is 21.7 Å². The van der Waals surface area contributed by atoms with E-state index in [1.54, 1.807) is 0 Å². The number of pyridine rings is 1. The van der Waals surface area contributed by atoms with Gasteiger partial charge in [-0.2, -0.15) is 0 Å². The highest BCUT2D eigenvalue weighted by Crippen LogP contribution is 2.28. The minimum atomic E-state index is 0.488. The molecule has 0 bridgehead atoms. The Hall–Kier alpha value is -0.610. The van der Waals surface area contributed by atoms with Crippen LogP contribution in [0.1, 0.15) is 12.0 Å². The van der Waals surface area contributed by atoms with Gasteiger partial charge >= 0.3 is 0 Å². The predicted molar refractivity (Wildman–Crippen MR) is 61.5 cm³/mol. The summed E-state index contributed by atoms with van der Waals surface area (Å²) in [5, 5.41) is 0. The minimum absolute atomic E-state index is 0.488. The molecule has 4 heteroatoms. The Morgan fingerprint density at radius 1 is 1.71 bits per heavy atom. The number of nitrogens with two attached hydrogens (primary N) is 1. The highest BCUT2D eigenvalue weighted by atomic mass is 79.9. The first kappa shape index (κ1) is 9.93. The summed E-state index contributed by atoms with van der Waals surface area (Å²) in [7, 11) is 0. The lowest BCUT2D eigenvalue weighted by Crippen LogP contribution is -2.52. The lowest BCUT2D eigenvalue weighted by Gasteiger charge is -2.42. The molecule has 0 spiro atoms. The second-order valence-corrected chi connectivity index (χ2v) is 4.58. The lowest BCUT2D eigenvalue weighted by atomic mass is 10.0. The average Bonchev–Trinajstić information content (AvgIpc) is 2.08. The summed E-state index contributed by atoms with van der Waals surface area (Å²) in [6.45, 7) is 3.88. The fraction of sp³-hybridized carbons (Fsp3) is 0.500. The molecule has 1 unspecified atom stereocenters. The molecule has 14 heavy (non-hydrogen) atoms. The lowest BCUT2D eigenvalue weighted by molar-refractivity contribution is 0.451. The van der Waals surface area contributed by atoms with E-state index < -0.39 is 0 Å². The zero-order chi connectivity index (χ0) is 10.1. The third-order valence-electron chi connectivity index (χ3n) is 2.71. The molecular weight excluding hydrogens is 242 g/mol. The van der Waals surface area contributed by atoms with Gasteiger partial charge in [0, 0.05) is 29.8 Å². The second kappa shape index (κ2) is 3.87. The number of aryl methyl sites for hydroxylation is 1. The van der Waals surface area contributed by atoms with E-state index >= 15 is 0 Å². The van der Waals surface area contributed by atoms with Gasteiger partial charge in [-0.15, -0.1) is 0 Å². The van der Waals surface area contributed by atoms with Crippen LogP contribution in [0.2, 0.25) is 0 Å². The molecular formula is C10H14BrN3. The Bertz CT molecular complexity index is 338. The van der Waals surface area contributed by atoms with E-state index in [4.69, 9.17) is 5.73 Å². The molecule has 1 fully saturated rings. The van der Waals surface area contributed by atoms with Crippen LogP contribution in [-0.2, 0) is 0 Å². The van der Waals surface area contributed by atoms with Gasteiger partial charge in [-0.3, -0.25) is 0 Å². The van der Waals surface area contributed by atoms with Crippen LogP contribution in [-0.4, -0.2) is 24.1 Å². The van der Waals surface area contributed by atoms with Crippen molar-refractivity contribution in [3.8, 4) is 0 Å². The summed E-state index contributed by atoms with van der Waals surface area (Å²) in [4.78, 5) is 6.70. The van der Waals surface area contributed by atoms with Crippen LogP contribution in [0.4, 0.5) is 5.82 Å². The molecule has 1 saturated heterocycles. The Morgan fingerprint density at radius 2 is 2.50 bits per heavy atom. The molecule has 0 radical (unpaired) electrons. The number of anilines is 1. The van der Waals surface area contributed by atoms with Crippen LogP contribution in [0.5, 0.6) is 0 Å². The molecule has 0 amide bonds. The maximum absolute atomic E-state index is 5.66. The van der Waals surface area contributed by atoms with Gasteiger partial charge in [-0.05, 0) is 40.9 Å². The summed E-state index contributed by atoms with van der Waals surface area (Å²) < 4.78 is 1.03. The Labute approximate surface area is 92.4 Å². The van der Waals surface area contributed by atoms with Crippen molar-refractivity contribution in [3.05, 3.63) is 22.3 Å². The van der Waals surface area contributed by atoms with E-state index in [9.17, 15) is 0 Å². The highest BCUT2D eigenvalue weighted by molar-refractivity contribution is 9.10. The van der Waals surface area contributed by atoms with E-state index in [2.05, 4.69) is 38.8 Å². The Morgan fingerprint density at radius 3 is 3.00 bits per heavy atom.